The van der Waals surface area contributed by atoms with Crippen molar-refractivity contribution < 1.29 is 0 Å². The highest BCUT2D eigenvalue weighted by molar-refractivity contribution is 5.22. The molecule has 1 N–H and O–H groups in total. The van der Waals surface area contributed by atoms with E-state index >= 15 is 0 Å². The second kappa shape index (κ2) is 6.72. The van der Waals surface area contributed by atoms with E-state index in [1.54, 1.807) is 0 Å². The van der Waals surface area contributed by atoms with Gasteiger partial charge in [-0.2, -0.15) is 0 Å². The van der Waals surface area contributed by atoms with Gasteiger partial charge in [-0.15, -0.1) is 6.58 Å². The molecule has 0 aliphatic rings. The van der Waals surface area contributed by atoms with E-state index in [0.717, 1.165) is 19.6 Å². The first kappa shape index (κ1) is 14.9. The number of nitrogens with zero attached hydrogens (tertiary/aromatic N) is 1. The Morgan fingerprint density at radius 3 is 2.22 bits per heavy atom. The highest BCUT2D eigenvalue weighted by Gasteiger charge is 2.08. The minimum absolute atomic E-state index is 0.169. The van der Waals surface area contributed by atoms with E-state index in [-0.39, 0.29) is 5.54 Å². The van der Waals surface area contributed by atoms with Crippen LogP contribution in [-0.2, 0) is 13.1 Å². The van der Waals surface area contributed by atoms with Gasteiger partial charge < -0.3 is 5.32 Å². The molecule has 0 aromatic heterocycles. The molecule has 0 bridgehead atoms. The fourth-order valence-electron chi connectivity index (χ4n) is 1.73. The van der Waals surface area contributed by atoms with Crippen LogP contribution in [0.5, 0.6) is 0 Å². The van der Waals surface area contributed by atoms with Gasteiger partial charge >= 0.3 is 0 Å². The molecule has 0 radical (unpaired) electrons. The van der Waals surface area contributed by atoms with Crippen molar-refractivity contribution in [1.29, 1.82) is 0 Å². The van der Waals surface area contributed by atoms with Crippen LogP contribution in [0.15, 0.2) is 36.9 Å². The van der Waals surface area contributed by atoms with Crippen molar-refractivity contribution in [3.8, 4) is 0 Å². The Bertz CT molecular complexity index is 360. The minimum atomic E-state index is 0.169. The summed E-state index contributed by atoms with van der Waals surface area (Å²) in [5.74, 6) is 0. The third-order valence-electron chi connectivity index (χ3n) is 2.74. The predicted molar refractivity (Wildman–Crippen MR) is 79.6 cm³/mol. The molecule has 2 nitrogen and oxygen atoms in total. The molecule has 0 fully saturated rings. The first-order chi connectivity index (χ1) is 8.40. The Morgan fingerprint density at radius 2 is 1.72 bits per heavy atom. The maximum absolute atomic E-state index is 3.75. The summed E-state index contributed by atoms with van der Waals surface area (Å²) < 4.78 is 0. The lowest BCUT2D eigenvalue weighted by Gasteiger charge is -2.20. The van der Waals surface area contributed by atoms with Crippen LogP contribution in [0.3, 0.4) is 0 Å². The van der Waals surface area contributed by atoms with Crippen molar-refractivity contribution >= 4 is 0 Å². The number of nitrogens with one attached hydrogen (secondary N) is 1. The van der Waals surface area contributed by atoms with E-state index in [0.29, 0.717) is 0 Å². The van der Waals surface area contributed by atoms with Gasteiger partial charge in [-0.05, 0) is 38.9 Å². The lowest BCUT2D eigenvalue weighted by atomic mass is 10.1. The van der Waals surface area contributed by atoms with Gasteiger partial charge in [0.05, 0.1) is 0 Å². The molecule has 1 rings (SSSR count). The molecule has 1 aromatic rings. The Balaban J connectivity index is 2.49. The fourth-order valence-corrected chi connectivity index (χ4v) is 1.73. The summed E-state index contributed by atoms with van der Waals surface area (Å²) in [6.07, 6.45) is 1.93. The van der Waals surface area contributed by atoms with E-state index < -0.39 is 0 Å². The molecule has 1 aromatic carbocycles. The van der Waals surface area contributed by atoms with E-state index in [4.69, 9.17) is 0 Å². The van der Waals surface area contributed by atoms with Crippen LogP contribution in [-0.4, -0.2) is 24.0 Å². The lowest BCUT2D eigenvalue weighted by Crippen LogP contribution is -2.35. The molecule has 0 aliphatic carbocycles. The topological polar surface area (TPSA) is 15.3 Å². The molecule has 100 valence electrons. The molecule has 0 atom stereocenters. The van der Waals surface area contributed by atoms with E-state index in [9.17, 15) is 0 Å². The van der Waals surface area contributed by atoms with Gasteiger partial charge in [0.15, 0.2) is 0 Å². The zero-order valence-corrected chi connectivity index (χ0v) is 12.2. The molecular formula is C16H26N2. The van der Waals surface area contributed by atoms with Crippen molar-refractivity contribution in [2.75, 3.05) is 13.6 Å². The van der Waals surface area contributed by atoms with Crippen molar-refractivity contribution in [2.45, 2.75) is 39.4 Å². The molecule has 2 heteroatoms. The average molecular weight is 246 g/mol. The van der Waals surface area contributed by atoms with Crippen LogP contribution >= 0.6 is 0 Å². The average Bonchev–Trinajstić information content (AvgIpc) is 2.27. The molecule has 0 heterocycles. The highest BCUT2D eigenvalue weighted by Crippen LogP contribution is 2.08. The zero-order valence-electron chi connectivity index (χ0n) is 12.2. The normalized spacial score (nSPS) is 11.8. The summed E-state index contributed by atoms with van der Waals surface area (Å²) in [7, 11) is 2.11. The minimum Gasteiger partial charge on any atom is -0.308 e. The smallest absolute Gasteiger partial charge is 0.0233 e. The van der Waals surface area contributed by atoms with E-state index in [1.165, 1.54) is 11.1 Å². The van der Waals surface area contributed by atoms with Gasteiger partial charge in [0, 0.05) is 25.2 Å². The van der Waals surface area contributed by atoms with Gasteiger partial charge in [0.2, 0.25) is 0 Å². The Morgan fingerprint density at radius 1 is 1.17 bits per heavy atom. The largest absolute Gasteiger partial charge is 0.308 e. The monoisotopic (exact) mass is 246 g/mol. The van der Waals surface area contributed by atoms with Crippen molar-refractivity contribution in [2.24, 2.45) is 0 Å². The fraction of sp³-hybridized carbons (Fsp3) is 0.500. The number of hydrogen-bond donors (Lipinski definition) is 1. The number of rotatable bonds is 6. The van der Waals surface area contributed by atoms with Crippen LogP contribution in [0.4, 0.5) is 0 Å². The second-order valence-corrected chi connectivity index (χ2v) is 5.91. The van der Waals surface area contributed by atoms with E-state index in [1.807, 2.05) is 6.08 Å². The first-order valence-corrected chi connectivity index (χ1v) is 6.53. The molecule has 0 amide bonds. The van der Waals surface area contributed by atoms with Crippen molar-refractivity contribution in [3.63, 3.8) is 0 Å². The predicted octanol–water partition coefficient (Wildman–Crippen LogP) is 3.19. The molecule has 0 unspecified atom stereocenters. The second-order valence-electron chi connectivity index (χ2n) is 5.91. The lowest BCUT2D eigenvalue weighted by molar-refractivity contribution is 0.363. The van der Waals surface area contributed by atoms with Gasteiger partial charge in [-0.25, -0.2) is 0 Å². The SMILES string of the molecule is C=CCN(C)Cc1ccc(CNC(C)(C)C)cc1. The van der Waals surface area contributed by atoms with Gasteiger partial charge in [-0.1, -0.05) is 30.3 Å². The Hall–Kier alpha value is -1.12. The third kappa shape index (κ3) is 5.99. The molecule has 0 saturated carbocycles. The van der Waals surface area contributed by atoms with Crippen LogP contribution in [0.25, 0.3) is 0 Å². The standard InChI is InChI=1S/C16H26N2/c1-6-11-18(5)13-15-9-7-14(8-10-15)12-17-16(2,3)4/h6-10,17H,1,11-13H2,2-5H3. The van der Waals surface area contributed by atoms with Crippen molar-refractivity contribution in [1.82, 2.24) is 10.2 Å². The summed E-state index contributed by atoms with van der Waals surface area (Å²) in [6.45, 7) is 13.1. The summed E-state index contributed by atoms with van der Waals surface area (Å²) in [5.41, 5.74) is 2.85. The summed E-state index contributed by atoms with van der Waals surface area (Å²) in [6, 6.07) is 8.82. The van der Waals surface area contributed by atoms with Crippen LogP contribution in [0.1, 0.15) is 31.9 Å². The van der Waals surface area contributed by atoms with Gasteiger partial charge in [-0.3, -0.25) is 4.90 Å². The number of benzene rings is 1. The molecule has 18 heavy (non-hydrogen) atoms. The van der Waals surface area contributed by atoms with Crippen molar-refractivity contribution in [3.05, 3.63) is 48.0 Å². The summed E-state index contributed by atoms with van der Waals surface area (Å²) >= 11 is 0. The molecule has 0 aliphatic heterocycles. The zero-order chi connectivity index (χ0) is 13.6. The third-order valence-corrected chi connectivity index (χ3v) is 2.74. The van der Waals surface area contributed by atoms with Gasteiger partial charge in [0.25, 0.3) is 0 Å². The van der Waals surface area contributed by atoms with E-state index in [2.05, 4.69) is 68.9 Å². The summed E-state index contributed by atoms with van der Waals surface area (Å²) in [5, 5.41) is 3.50. The van der Waals surface area contributed by atoms with Crippen LogP contribution < -0.4 is 5.32 Å². The summed E-state index contributed by atoms with van der Waals surface area (Å²) in [4.78, 5) is 2.25. The first-order valence-electron chi connectivity index (χ1n) is 6.53. The maximum Gasteiger partial charge on any atom is 0.0233 e. The Kier molecular flexibility index (Phi) is 5.57. The highest BCUT2D eigenvalue weighted by atomic mass is 15.1. The quantitative estimate of drug-likeness (QED) is 0.776. The number of hydrogen-bond acceptors (Lipinski definition) is 2. The number of likely N-dealkylation sites (N-methyl/N-ethyl adjacent to an activating group) is 1. The maximum atomic E-state index is 3.75. The van der Waals surface area contributed by atoms with Crippen LogP contribution in [0, 0.1) is 0 Å². The Labute approximate surface area is 112 Å². The van der Waals surface area contributed by atoms with Crippen LogP contribution in [0.2, 0.25) is 0 Å². The van der Waals surface area contributed by atoms with Gasteiger partial charge in [0.1, 0.15) is 0 Å². The molecule has 0 saturated heterocycles. The molecular weight excluding hydrogens is 220 g/mol. The molecule has 0 spiro atoms.